The van der Waals surface area contributed by atoms with Gasteiger partial charge < -0.3 is 19.1 Å². The number of likely N-dealkylation sites (tertiary alicyclic amines) is 1. The summed E-state index contributed by atoms with van der Waals surface area (Å²) in [6.45, 7) is 6.95. The van der Waals surface area contributed by atoms with E-state index < -0.39 is 21.2 Å². The Balaban J connectivity index is 1.44. The summed E-state index contributed by atoms with van der Waals surface area (Å²) in [5.74, 6) is 0.0116. The van der Waals surface area contributed by atoms with Crippen molar-refractivity contribution in [2.45, 2.75) is 56.6 Å². The number of carbonyl (C=O) groups is 1. The molecule has 1 aromatic carbocycles. The molecule has 0 atom stereocenters. The van der Waals surface area contributed by atoms with E-state index in [2.05, 4.69) is 4.98 Å². The Bertz CT molecular complexity index is 1110. The van der Waals surface area contributed by atoms with E-state index in [0.29, 0.717) is 32.5 Å². The van der Waals surface area contributed by atoms with Gasteiger partial charge in [0.05, 0.1) is 6.61 Å². The van der Waals surface area contributed by atoms with Crippen LogP contribution in [0.5, 0.6) is 5.75 Å². The summed E-state index contributed by atoms with van der Waals surface area (Å²) in [5, 5.41) is 0.0468. The van der Waals surface area contributed by atoms with Crippen molar-refractivity contribution in [3.8, 4) is 16.9 Å². The third-order valence-corrected chi connectivity index (χ3v) is 6.47. The lowest BCUT2D eigenvalue weighted by molar-refractivity contribution is -0.226. The Morgan fingerprint density at radius 3 is 2.41 bits per heavy atom. The molecule has 2 aliphatic heterocycles. The second kappa shape index (κ2) is 8.04. The first kappa shape index (κ1) is 22.5. The van der Waals surface area contributed by atoms with Crippen molar-refractivity contribution in [3.63, 3.8) is 0 Å². The van der Waals surface area contributed by atoms with Crippen LogP contribution in [0, 0.1) is 0 Å². The van der Waals surface area contributed by atoms with E-state index in [0.717, 1.165) is 28.7 Å². The summed E-state index contributed by atoms with van der Waals surface area (Å²) in [7, 11) is -3.33. The van der Waals surface area contributed by atoms with E-state index in [-0.39, 0.29) is 11.1 Å². The number of hydrogen-bond acceptors (Lipinski definition) is 7. The molecule has 0 unspecified atom stereocenters. The second-order valence-electron chi connectivity index (χ2n) is 9.25. The van der Waals surface area contributed by atoms with E-state index in [1.165, 1.54) is 6.07 Å². The van der Waals surface area contributed by atoms with Gasteiger partial charge in [-0.25, -0.2) is 18.2 Å². The fourth-order valence-corrected chi connectivity index (χ4v) is 4.34. The smallest absolute Gasteiger partial charge is 0.410 e. The molecule has 1 amide bonds. The van der Waals surface area contributed by atoms with Crippen LogP contribution >= 0.6 is 0 Å². The zero-order chi connectivity index (χ0) is 23.1. The zero-order valence-corrected chi connectivity index (χ0v) is 19.6. The fraction of sp³-hybridized carbons (Fsp3) is 0.478. The van der Waals surface area contributed by atoms with Gasteiger partial charge in [0.2, 0.25) is 5.79 Å². The van der Waals surface area contributed by atoms with Crippen molar-refractivity contribution >= 4 is 15.9 Å². The Hall–Kier alpha value is -2.65. The highest BCUT2D eigenvalue weighted by Gasteiger charge is 2.42. The fourth-order valence-electron chi connectivity index (χ4n) is 3.78. The number of nitrogens with zero attached hydrogens (tertiary/aromatic N) is 2. The van der Waals surface area contributed by atoms with Crippen molar-refractivity contribution < 1.29 is 27.4 Å². The molecule has 4 rings (SSSR count). The summed E-state index contributed by atoms with van der Waals surface area (Å²) in [6.07, 6.45) is 3.49. The molecule has 1 aromatic heterocycles. The summed E-state index contributed by atoms with van der Waals surface area (Å²) >= 11 is 0. The Labute approximate surface area is 188 Å². The second-order valence-corrected chi connectivity index (χ2v) is 11.2. The van der Waals surface area contributed by atoms with Gasteiger partial charge in [-0.05, 0) is 50.6 Å². The van der Waals surface area contributed by atoms with Crippen LogP contribution in [0.3, 0.4) is 0 Å². The van der Waals surface area contributed by atoms with Crippen molar-refractivity contribution in [3.05, 3.63) is 42.1 Å². The Morgan fingerprint density at radius 2 is 1.81 bits per heavy atom. The van der Waals surface area contributed by atoms with Crippen molar-refractivity contribution in [1.29, 1.82) is 0 Å². The largest absolute Gasteiger partial charge is 0.462 e. The van der Waals surface area contributed by atoms with Gasteiger partial charge in [0.25, 0.3) is 0 Å². The summed E-state index contributed by atoms with van der Waals surface area (Å²) < 4.78 is 41.1. The zero-order valence-electron chi connectivity index (χ0n) is 18.8. The number of fused-ring (bicyclic) bond motifs is 1. The number of carbonyl (C=O) groups excluding carboxylic acids is 1. The molecule has 0 aliphatic carbocycles. The highest BCUT2D eigenvalue weighted by molar-refractivity contribution is 7.90. The number of aromatic nitrogens is 1. The van der Waals surface area contributed by atoms with Crippen LogP contribution in [-0.2, 0) is 25.9 Å². The molecule has 0 N–H and O–H groups in total. The number of rotatable bonds is 2. The van der Waals surface area contributed by atoms with Crippen LogP contribution in [0.25, 0.3) is 11.1 Å². The maximum absolute atomic E-state index is 12.3. The van der Waals surface area contributed by atoms with Crippen LogP contribution in [0.15, 0.2) is 41.6 Å². The maximum atomic E-state index is 12.3. The molecule has 0 radical (unpaired) electrons. The van der Waals surface area contributed by atoms with Gasteiger partial charge in [0, 0.05) is 49.5 Å². The molecule has 3 heterocycles. The standard InChI is InChI=1S/C23H28N2O6S/c1-22(2,3)31-21(26)25-11-9-23(10-12-25)29-15-18-13-16(5-7-19(18)30-23)17-6-8-20(24-14-17)32(4,27)28/h5-8,13-14H,9-12,15H2,1-4H3. The number of ether oxygens (including phenoxy) is 3. The molecule has 9 heteroatoms. The Morgan fingerprint density at radius 1 is 1.12 bits per heavy atom. The molecule has 1 fully saturated rings. The van der Waals surface area contributed by atoms with E-state index in [4.69, 9.17) is 14.2 Å². The number of amides is 1. The predicted octanol–water partition coefficient (Wildman–Crippen LogP) is 3.79. The van der Waals surface area contributed by atoms with E-state index >= 15 is 0 Å². The van der Waals surface area contributed by atoms with Crippen LogP contribution in [0.1, 0.15) is 39.2 Å². The molecule has 1 spiro atoms. The highest BCUT2D eigenvalue weighted by Crippen LogP contribution is 2.39. The number of hydrogen-bond donors (Lipinski definition) is 0. The number of piperidine rings is 1. The minimum atomic E-state index is -3.33. The summed E-state index contributed by atoms with van der Waals surface area (Å²) in [4.78, 5) is 18.1. The SMILES string of the molecule is CC(C)(C)OC(=O)N1CCC2(CC1)OCc1cc(-c3ccc(S(C)(=O)=O)nc3)ccc1O2. The van der Waals surface area contributed by atoms with Crippen LogP contribution in [0.4, 0.5) is 4.79 Å². The van der Waals surface area contributed by atoms with Gasteiger partial charge in [-0.1, -0.05) is 6.07 Å². The quantitative estimate of drug-likeness (QED) is 0.673. The van der Waals surface area contributed by atoms with Crippen molar-refractivity contribution in [2.75, 3.05) is 19.3 Å². The van der Waals surface area contributed by atoms with E-state index in [1.54, 1.807) is 17.2 Å². The van der Waals surface area contributed by atoms with Crippen LogP contribution in [0.2, 0.25) is 0 Å². The third-order valence-electron chi connectivity index (χ3n) is 5.47. The molecule has 172 valence electrons. The van der Waals surface area contributed by atoms with Gasteiger partial charge in [-0.2, -0.15) is 0 Å². The molecule has 0 saturated carbocycles. The normalized spacial score (nSPS) is 18.1. The van der Waals surface area contributed by atoms with E-state index in [1.807, 2.05) is 39.0 Å². The van der Waals surface area contributed by atoms with E-state index in [9.17, 15) is 13.2 Å². The van der Waals surface area contributed by atoms with Crippen LogP contribution in [-0.4, -0.2) is 55.1 Å². The lowest BCUT2D eigenvalue weighted by atomic mass is 10.00. The van der Waals surface area contributed by atoms with Gasteiger partial charge >= 0.3 is 6.09 Å². The number of sulfone groups is 1. The topological polar surface area (TPSA) is 95.0 Å². The molecule has 8 nitrogen and oxygen atoms in total. The average Bonchev–Trinajstić information content (AvgIpc) is 2.72. The lowest BCUT2D eigenvalue weighted by Crippen LogP contribution is -2.53. The first-order chi connectivity index (χ1) is 14.9. The molecule has 1 saturated heterocycles. The molecule has 32 heavy (non-hydrogen) atoms. The first-order valence-corrected chi connectivity index (χ1v) is 12.4. The highest BCUT2D eigenvalue weighted by atomic mass is 32.2. The summed E-state index contributed by atoms with van der Waals surface area (Å²) in [5.41, 5.74) is 2.10. The van der Waals surface area contributed by atoms with Gasteiger partial charge in [0.15, 0.2) is 14.9 Å². The molecular weight excluding hydrogens is 432 g/mol. The lowest BCUT2D eigenvalue weighted by Gasteiger charge is -2.44. The van der Waals surface area contributed by atoms with Gasteiger partial charge in [0.1, 0.15) is 11.4 Å². The number of benzene rings is 1. The third kappa shape index (κ3) is 4.88. The van der Waals surface area contributed by atoms with Crippen molar-refractivity contribution in [1.82, 2.24) is 9.88 Å². The molecule has 0 bridgehead atoms. The summed E-state index contributed by atoms with van der Waals surface area (Å²) in [6, 6.07) is 9.04. The first-order valence-electron chi connectivity index (χ1n) is 10.5. The maximum Gasteiger partial charge on any atom is 0.410 e. The average molecular weight is 461 g/mol. The minimum Gasteiger partial charge on any atom is -0.462 e. The molecule has 2 aliphatic rings. The van der Waals surface area contributed by atoms with Gasteiger partial charge in [-0.15, -0.1) is 0 Å². The van der Waals surface area contributed by atoms with Gasteiger partial charge in [-0.3, -0.25) is 0 Å². The van der Waals surface area contributed by atoms with Crippen molar-refractivity contribution in [2.24, 2.45) is 0 Å². The predicted molar refractivity (Wildman–Crippen MR) is 118 cm³/mol. The Kier molecular flexibility index (Phi) is 5.67. The number of pyridine rings is 1. The molecule has 2 aromatic rings. The monoisotopic (exact) mass is 460 g/mol. The van der Waals surface area contributed by atoms with Crippen LogP contribution < -0.4 is 4.74 Å². The minimum absolute atomic E-state index is 0.0468. The molecular formula is C23H28N2O6S.